The van der Waals surface area contributed by atoms with Crippen molar-refractivity contribution in [2.45, 2.75) is 25.8 Å². The summed E-state index contributed by atoms with van der Waals surface area (Å²) in [4.78, 5) is 27.2. The van der Waals surface area contributed by atoms with Gasteiger partial charge in [-0.05, 0) is 35.9 Å². The highest BCUT2D eigenvalue weighted by molar-refractivity contribution is 6.30. The molecule has 0 spiro atoms. The Morgan fingerprint density at radius 1 is 1.10 bits per heavy atom. The number of hydrogen-bond donors (Lipinski definition) is 2. The van der Waals surface area contributed by atoms with E-state index in [2.05, 4.69) is 10.3 Å². The van der Waals surface area contributed by atoms with Crippen LogP contribution in [0.3, 0.4) is 0 Å². The highest BCUT2D eigenvalue weighted by Crippen LogP contribution is 2.19. The lowest BCUT2D eigenvalue weighted by Gasteiger charge is -2.16. The molecule has 0 saturated heterocycles. The number of rotatable bonds is 9. The Morgan fingerprint density at radius 2 is 1.86 bits per heavy atom. The van der Waals surface area contributed by atoms with Gasteiger partial charge in [0.2, 0.25) is 5.91 Å². The summed E-state index contributed by atoms with van der Waals surface area (Å²) < 4.78 is 10.9. The molecule has 0 fully saturated rings. The monoisotopic (exact) mass is 414 g/mol. The van der Waals surface area contributed by atoms with E-state index in [4.69, 9.17) is 21.1 Å². The van der Waals surface area contributed by atoms with E-state index in [0.29, 0.717) is 30.2 Å². The Hall–Kier alpha value is -2.99. The van der Waals surface area contributed by atoms with Gasteiger partial charge in [0.25, 0.3) is 0 Å². The van der Waals surface area contributed by atoms with E-state index in [0.717, 1.165) is 16.5 Å². The Labute approximate surface area is 174 Å². The van der Waals surface area contributed by atoms with E-state index < -0.39 is 12.0 Å². The molecule has 29 heavy (non-hydrogen) atoms. The van der Waals surface area contributed by atoms with Crippen molar-refractivity contribution >= 4 is 34.4 Å². The maximum atomic E-state index is 12.5. The van der Waals surface area contributed by atoms with Crippen molar-refractivity contribution in [1.82, 2.24) is 10.3 Å². The van der Waals surface area contributed by atoms with Crippen LogP contribution in [0.1, 0.15) is 18.9 Å². The van der Waals surface area contributed by atoms with Gasteiger partial charge in [0.05, 0.1) is 13.2 Å². The van der Waals surface area contributed by atoms with Gasteiger partial charge >= 0.3 is 5.97 Å². The summed E-state index contributed by atoms with van der Waals surface area (Å²) in [7, 11) is 0. The summed E-state index contributed by atoms with van der Waals surface area (Å²) in [5.74, 6) is -0.0361. The van der Waals surface area contributed by atoms with Crippen LogP contribution in [0, 0.1) is 0 Å². The Morgan fingerprint density at radius 3 is 2.62 bits per heavy atom. The van der Waals surface area contributed by atoms with Crippen molar-refractivity contribution in [2.75, 3.05) is 13.2 Å². The first-order valence-corrected chi connectivity index (χ1v) is 9.78. The van der Waals surface area contributed by atoms with Gasteiger partial charge in [-0.3, -0.25) is 4.79 Å². The van der Waals surface area contributed by atoms with Crippen molar-refractivity contribution in [3.63, 3.8) is 0 Å². The largest absolute Gasteiger partial charge is 0.493 e. The van der Waals surface area contributed by atoms with Crippen LogP contribution in [-0.2, 0) is 20.7 Å². The third-order valence-electron chi connectivity index (χ3n) is 4.38. The number of fused-ring (bicyclic) bond motifs is 1. The number of amides is 1. The third kappa shape index (κ3) is 5.99. The van der Waals surface area contributed by atoms with Gasteiger partial charge in [0.15, 0.2) is 0 Å². The van der Waals surface area contributed by atoms with Gasteiger partial charge < -0.3 is 19.8 Å². The number of esters is 1. The molecule has 2 aromatic carbocycles. The van der Waals surface area contributed by atoms with Crippen molar-refractivity contribution in [1.29, 1.82) is 0 Å². The fourth-order valence-corrected chi connectivity index (χ4v) is 3.14. The minimum Gasteiger partial charge on any atom is -0.493 e. The first kappa shape index (κ1) is 20.7. The van der Waals surface area contributed by atoms with Gasteiger partial charge in [0, 0.05) is 41.9 Å². The molecule has 0 bridgehead atoms. The maximum absolute atomic E-state index is 12.5. The Bertz CT molecular complexity index is 968. The summed E-state index contributed by atoms with van der Waals surface area (Å²) in [5, 5.41) is 4.35. The van der Waals surface area contributed by atoms with Crippen LogP contribution in [0.5, 0.6) is 5.75 Å². The summed E-state index contributed by atoms with van der Waals surface area (Å²) in [6.07, 6.45) is 2.74. The molecule has 6 nitrogen and oxygen atoms in total. The van der Waals surface area contributed by atoms with E-state index in [1.807, 2.05) is 30.5 Å². The molecule has 1 atom stereocenters. The minimum atomic E-state index is -0.746. The molecule has 2 N–H and O–H groups in total. The number of ether oxygens (including phenoxy) is 2. The van der Waals surface area contributed by atoms with E-state index in [-0.39, 0.29) is 12.5 Å². The van der Waals surface area contributed by atoms with E-state index in [9.17, 15) is 9.59 Å². The highest BCUT2D eigenvalue weighted by atomic mass is 35.5. The molecule has 0 aliphatic carbocycles. The minimum absolute atomic E-state index is 0.205. The predicted octanol–water partition coefficient (Wildman–Crippen LogP) is 3.88. The molecule has 7 heteroatoms. The number of carbonyl (C=O) groups is 2. The average molecular weight is 415 g/mol. The zero-order valence-electron chi connectivity index (χ0n) is 16.1. The molecule has 3 rings (SSSR count). The van der Waals surface area contributed by atoms with Crippen LogP contribution in [0.4, 0.5) is 0 Å². The normalized spacial score (nSPS) is 11.8. The first-order chi connectivity index (χ1) is 14.0. The van der Waals surface area contributed by atoms with Crippen molar-refractivity contribution in [2.24, 2.45) is 0 Å². The van der Waals surface area contributed by atoms with Gasteiger partial charge in [-0.2, -0.15) is 0 Å². The van der Waals surface area contributed by atoms with E-state index in [1.54, 1.807) is 24.3 Å². The quantitative estimate of drug-likeness (QED) is 0.411. The van der Waals surface area contributed by atoms with Gasteiger partial charge in [0.1, 0.15) is 11.8 Å². The van der Waals surface area contributed by atoms with Crippen LogP contribution in [0.2, 0.25) is 5.02 Å². The number of nitrogens with one attached hydrogen (secondary N) is 2. The van der Waals surface area contributed by atoms with Crippen LogP contribution in [0.25, 0.3) is 10.9 Å². The zero-order chi connectivity index (χ0) is 20.6. The number of carbonyl (C=O) groups excluding carboxylic acids is 2. The standard InChI is InChI=1S/C22H23ClN2O4/c1-15(26)25-21(13-16-14-24-20-6-3-2-5-19(16)20)22(27)29-12-4-11-28-18-9-7-17(23)8-10-18/h2-3,5-10,14,21,24H,4,11-13H2,1H3,(H,25,26)/t21-/m0/s1. The van der Waals surface area contributed by atoms with Crippen LogP contribution < -0.4 is 10.1 Å². The number of hydrogen-bond acceptors (Lipinski definition) is 4. The molecular formula is C22H23ClN2O4. The van der Waals surface area contributed by atoms with Crippen molar-refractivity contribution in [3.05, 3.63) is 65.3 Å². The van der Waals surface area contributed by atoms with Crippen LogP contribution in [0.15, 0.2) is 54.7 Å². The summed E-state index contributed by atoms with van der Waals surface area (Å²) in [6.45, 7) is 1.99. The molecule has 1 aromatic heterocycles. The summed E-state index contributed by atoms with van der Waals surface area (Å²) in [6, 6.07) is 14.1. The van der Waals surface area contributed by atoms with Gasteiger partial charge in [-0.15, -0.1) is 0 Å². The molecule has 1 heterocycles. The molecule has 3 aromatic rings. The maximum Gasteiger partial charge on any atom is 0.328 e. The highest BCUT2D eigenvalue weighted by Gasteiger charge is 2.22. The van der Waals surface area contributed by atoms with Gasteiger partial charge in [-0.1, -0.05) is 29.8 Å². The second-order valence-corrected chi connectivity index (χ2v) is 7.08. The van der Waals surface area contributed by atoms with Crippen molar-refractivity contribution < 1.29 is 19.1 Å². The third-order valence-corrected chi connectivity index (χ3v) is 4.63. The summed E-state index contributed by atoms with van der Waals surface area (Å²) in [5.41, 5.74) is 1.93. The fraction of sp³-hybridized carbons (Fsp3) is 0.273. The lowest BCUT2D eigenvalue weighted by Crippen LogP contribution is -2.42. The number of aromatic nitrogens is 1. The molecule has 0 aliphatic rings. The SMILES string of the molecule is CC(=O)N[C@@H](Cc1c[nH]c2ccccc12)C(=O)OCCCOc1ccc(Cl)cc1. The molecule has 152 valence electrons. The molecule has 0 unspecified atom stereocenters. The van der Waals surface area contributed by atoms with E-state index in [1.165, 1.54) is 6.92 Å². The summed E-state index contributed by atoms with van der Waals surface area (Å²) >= 11 is 5.83. The predicted molar refractivity (Wildman–Crippen MR) is 112 cm³/mol. The molecule has 0 saturated carbocycles. The number of halogens is 1. The second kappa shape index (κ2) is 9.98. The van der Waals surface area contributed by atoms with Gasteiger partial charge in [-0.25, -0.2) is 4.79 Å². The molecular weight excluding hydrogens is 392 g/mol. The van der Waals surface area contributed by atoms with E-state index >= 15 is 0 Å². The topological polar surface area (TPSA) is 80.4 Å². The Balaban J connectivity index is 1.51. The number of para-hydroxylation sites is 1. The van der Waals surface area contributed by atoms with Crippen LogP contribution >= 0.6 is 11.6 Å². The van der Waals surface area contributed by atoms with Crippen LogP contribution in [-0.4, -0.2) is 36.1 Å². The lowest BCUT2D eigenvalue weighted by molar-refractivity contribution is -0.147. The number of benzene rings is 2. The second-order valence-electron chi connectivity index (χ2n) is 6.64. The fourth-order valence-electron chi connectivity index (χ4n) is 3.01. The first-order valence-electron chi connectivity index (χ1n) is 9.40. The molecule has 1 amide bonds. The van der Waals surface area contributed by atoms with Crippen molar-refractivity contribution in [3.8, 4) is 5.75 Å². The average Bonchev–Trinajstić information content (AvgIpc) is 3.11. The lowest BCUT2D eigenvalue weighted by atomic mass is 10.0. The zero-order valence-corrected chi connectivity index (χ0v) is 16.9. The smallest absolute Gasteiger partial charge is 0.328 e. The Kier molecular flexibility index (Phi) is 7.14. The molecule has 0 aliphatic heterocycles. The number of aromatic amines is 1. The molecule has 0 radical (unpaired) electrons. The number of H-pyrrole nitrogens is 1.